The molecule has 3 rings (SSSR count). The number of carbonyl (C=O) groups excluding carboxylic acids is 2. The van der Waals surface area contributed by atoms with Crippen LogP contribution < -0.4 is 26.6 Å². The van der Waals surface area contributed by atoms with Crippen molar-refractivity contribution in [3.8, 4) is 0 Å². The minimum atomic E-state index is -3.91. The van der Waals surface area contributed by atoms with Crippen molar-refractivity contribution in [1.82, 2.24) is 28.8 Å². The largest absolute Gasteiger partial charge is 0.352 e. The van der Waals surface area contributed by atoms with Crippen LogP contribution in [0.3, 0.4) is 0 Å². The lowest BCUT2D eigenvalue weighted by Crippen LogP contribution is -2.51. The van der Waals surface area contributed by atoms with Gasteiger partial charge in [0.2, 0.25) is 0 Å². The fourth-order valence-electron chi connectivity index (χ4n) is 4.53. The lowest BCUT2D eigenvalue weighted by atomic mass is 9.95. The summed E-state index contributed by atoms with van der Waals surface area (Å²) in [5.41, 5.74) is -1.27. The number of aromatic nitrogens is 2. The van der Waals surface area contributed by atoms with E-state index in [0.717, 1.165) is 36.7 Å². The molecule has 1 aromatic rings. The average Bonchev–Trinajstić information content (AvgIpc) is 2.80. The molecule has 190 valence electrons. The molecule has 0 radical (unpaired) electrons. The van der Waals surface area contributed by atoms with Gasteiger partial charge in [0.05, 0.1) is 0 Å². The number of aryl methyl sites for hydroxylation is 1. The maximum Gasteiger partial charge on any atom is 0.330 e. The Labute approximate surface area is 198 Å². The number of nitrogens with one attached hydrogen (secondary N) is 3. The Morgan fingerprint density at radius 1 is 1.03 bits per heavy atom. The normalized spacial score (nSPS) is 18.4. The number of carbonyl (C=O) groups is 2. The van der Waals surface area contributed by atoms with Crippen molar-refractivity contribution in [1.29, 1.82) is 0 Å². The van der Waals surface area contributed by atoms with E-state index < -0.39 is 33.4 Å². The van der Waals surface area contributed by atoms with Crippen LogP contribution in [-0.4, -0.2) is 59.5 Å². The Morgan fingerprint density at radius 2 is 1.68 bits per heavy atom. The molecule has 0 atom stereocenters. The molecule has 13 heteroatoms. The number of piperidine rings is 1. The van der Waals surface area contributed by atoms with E-state index in [2.05, 4.69) is 15.4 Å². The number of hydrogen-bond acceptors (Lipinski definition) is 6. The highest BCUT2D eigenvalue weighted by Crippen LogP contribution is 2.22. The summed E-state index contributed by atoms with van der Waals surface area (Å²) in [6, 6.07) is -0.660. The predicted molar refractivity (Wildman–Crippen MR) is 126 cm³/mol. The molecule has 1 saturated heterocycles. The van der Waals surface area contributed by atoms with Gasteiger partial charge in [-0.1, -0.05) is 19.3 Å². The molecule has 1 aromatic heterocycles. The summed E-state index contributed by atoms with van der Waals surface area (Å²) in [4.78, 5) is 48.4. The maximum absolute atomic E-state index is 12.6. The Kier molecular flexibility index (Phi) is 8.52. The van der Waals surface area contributed by atoms with E-state index in [1.54, 1.807) is 0 Å². The van der Waals surface area contributed by atoms with Gasteiger partial charge in [0.1, 0.15) is 5.56 Å². The molecule has 0 bridgehead atoms. The molecule has 34 heavy (non-hydrogen) atoms. The molecule has 1 saturated carbocycles. The Hall–Kier alpha value is -2.67. The first-order valence-electron chi connectivity index (χ1n) is 11.7. The molecule has 2 fully saturated rings. The van der Waals surface area contributed by atoms with Crippen LogP contribution >= 0.6 is 0 Å². The molecule has 0 aromatic carbocycles. The highest BCUT2D eigenvalue weighted by atomic mass is 32.2. The van der Waals surface area contributed by atoms with Crippen molar-refractivity contribution in [2.24, 2.45) is 20.0 Å². The topological polar surface area (TPSA) is 152 Å². The third-order valence-electron chi connectivity index (χ3n) is 6.60. The molecule has 1 aliphatic heterocycles. The summed E-state index contributed by atoms with van der Waals surface area (Å²) >= 11 is 0. The first-order chi connectivity index (χ1) is 16.1. The van der Waals surface area contributed by atoms with Crippen LogP contribution in [0.2, 0.25) is 0 Å². The second kappa shape index (κ2) is 11.2. The molecule has 2 aliphatic rings. The fourth-order valence-corrected chi connectivity index (χ4v) is 5.64. The van der Waals surface area contributed by atoms with Gasteiger partial charge in [0, 0.05) is 46.0 Å². The van der Waals surface area contributed by atoms with Crippen molar-refractivity contribution < 1.29 is 18.0 Å². The van der Waals surface area contributed by atoms with Gasteiger partial charge in [0.15, 0.2) is 0 Å². The molecular weight excluding hydrogens is 464 g/mol. The summed E-state index contributed by atoms with van der Waals surface area (Å²) in [6.07, 6.45) is 8.00. The van der Waals surface area contributed by atoms with Gasteiger partial charge in [-0.25, -0.2) is 14.3 Å². The van der Waals surface area contributed by atoms with Gasteiger partial charge >= 0.3 is 21.9 Å². The quantitative estimate of drug-likeness (QED) is 0.473. The zero-order valence-electron chi connectivity index (χ0n) is 19.7. The fraction of sp³-hybridized carbons (Fsp3) is 0.714. The minimum Gasteiger partial charge on any atom is -0.352 e. The molecule has 0 spiro atoms. The smallest absolute Gasteiger partial charge is 0.330 e. The Morgan fingerprint density at radius 3 is 2.32 bits per heavy atom. The third-order valence-corrected chi connectivity index (χ3v) is 8.09. The molecule has 1 aliphatic carbocycles. The highest BCUT2D eigenvalue weighted by molar-refractivity contribution is 7.87. The summed E-state index contributed by atoms with van der Waals surface area (Å²) in [6.45, 7) is 0.891. The lowest BCUT2D eigenvalue weighted by molar-refractivity contribution is 0.0946. The highest BCUT2D eigenvalue weighted by Gasteiger charge is 2.30. The van der Waals surface area contributed by atoms with Crippen LogP contribution in [0.15, 0.2) is 15.8 Å². The molecule has 12 nitrogen and oxygen atoms in total. The van der Waals surface area contributed by atoms with Crippen LogP contribution in [0.4, 0.5) is 4.79 Å². The summed E-state index contributed by atoms with van der Waals surface area (Å²) in [7, 11) is -1.12. The van der Waals surface area contributed by atoms with Gasteiger partial charge in [0.25, 0.3) is 11.5 Å². The summed E-state index contributed by atoms with van der Waals surface area (Å²) in [5.74, 6) is -0.352. The molecule has 3 amide bonds. The Bertz CT molecular complexity index is 1110. The average molecular weight is 499 g/mol. The molecule has 3 N–H and O–H groups in total. The monoisotopic (exact) mass is 498 g/mol. The lowest BCUT2D eigenvalue weighted by Gasteiger charge is -2.31. The molecule has 2 heterocycles. The number of urea groups is 1. The maximum atomic E-state index is 12.6. The summed E-state index contributed by atoms with van der Waals surface area (Å²) < 4.78 is 30.6. The third kappa shape index (κ3) is 6.47. The van der Waals surface area contributed by atoms with Crippen molar-refractivity contribution in [3.05, 3.63) is 32.6 Å². The second-order valence-corrected chi connectivity index (χ2v) is 10.8. The van der Waals surface area contributed by atoms with Crippen molar-refractivity contribution in [2.75, 3.05) is 19.6 Å². The predicted octanol–water partition coefficient (Wildman–Crippen LogP) is -0.207. The SMILES string of the molecule is Cn1cc(C(=O)NCCC2CCN(S(=O)(=O)NC(=O)NC3CCCCC3)CC2)c(=O)n(C)c1=O. The van der Waals surface area contributed by atoms with Crippen LogP contribution in [0.5, 0.6) is 0 Å². The van der Waals surface area contributed by atoms with Crippen LogP contribution in [-0.2, 0) is 24.3 Å². The van der Waals surface area contributed by atoms with Crippen LogP contribution in [0, 0.1) is 5.92 Å². The van der Waals surface area contributed by atoms with Gasteiger partial charge in [-0.05, 0) is 38.0 Å². The van der Waals surface area contributed by atoms with Gasteiger partial charge in [-0.3, -0.25) is 14.2 Å². The minimum absolute atomic E-state index is 0.0193. The van der Waals surface area contributed by atoms with Crippen LogP contribution in [0.1, 0.15) is 61.7 Å². The summed E-state index contributed by atoms with van der Waals surface area (Å²) in [5, 5.41) is 5.45. The van der Waals surface area contributed by atoms with Crippen molar-refractivity contribution >= 4 is 22.1 Å². The van der Waals surface area contributed by atoms with Crippen molar-refractivity contribution in [3.63, 3.8) is 0 Å². The standard InChI is InChI=1S/C21H34N6O6S/c1-25-14-17(19(29)26(2)21(25)31)18(28)22-11-8-15-9-12-27(13-10-15)34(32,33)24-20(30)23-16-6-4-3-5-7-16/h14-16H,3-13H2,1-2H3,(H,22,28)(H2,23,24,30). The van der Waals surface area contributed by atoms with Crippen LogP contribution in [0.25, 0.3) is 0 Å². The van der Waals surface area contributed by atoms with Gasteiger partial charge in [-0.15, -0.1) is 0 Å². The molecule has 0 unspecified atom stereocenters. The van der Waals surface area contributed by atoms with E-state index >= 15 is 0 Å². The Balaban J connectivity index is 1.42. The van der Waals surface area contributed by atoms with E-state index in [0.29, 0.717) is 25.8 Å². The van der Waals surface area contributed by atoms with Gasteiger partial charge in [-0.2, -0.15) is 12.7 Å². The second-order valence-electron chi connectivity index (χ2n) is 9.10. The zero-order valence-corrected chi connectivity index (χ0v) is 20.5. The van der Waals surface area contributed by atoms with E-state index in [1.807, 2.05) is 0 Å². The number of nitrogens with zero attached hydrogens (tertiary/aromatic N) is 3. The van der Waals surface area contributed by atoms with Crippen molar-refractivity contribution in [2.45, 2.75) is 57.4 Å². The number of amides is 3. The van der Waals surface area contributed by atoms with E-state index in [9.17, 15) is 27.6 Å². The number of rotatable bonds is 7. The number of hydrogen-bond donors (Lipinski definition) is 3. The first kappa shape index (κ1) is 25.9. The van der Waals surface area contributed by atoms with Gasteiger partial charge < -0.3 is 15.2 Å². The van der Waals surface area contributed by atoms with E-state index in [-0.39, 0.29) is 30.6 Å². The van der Waals surface area contributed by atoms with E-state index in [1.165, 1.54) is 29.2 Å². The first-order valence-corrected chi connectivity index (χ1v) is 13.2. The van der Waals surface area contributed by atoms with E-state index in [4.69, 9.17) is 0 Å². The molecular formula is C21H34N6O6S. The zero-order chi connectivity index (χ0) is 24.9.